The maximum Gasteiger partial charge on any atom is 0.335 e. The molecule has 0 unspecified atom stereocenters. The molecule has 1 fully saturated rings. The van der Waals surface area contributed by atoms with Crippen molar-refractivity contribution in [2.75, 3.05) is 23.3 Å². The minimum atomic E-state index is -0.909. The first-order chi connectivity index (χ1) is 14.6. The highest BCUT2D eigenvalue weighted by atomic mass is 16.4. The highest BCUT2D eigenvalue weighted by molar-refractivity contribution is 5.88. The number of carbonyl (C=O) groups is 1. The second-order valence-corrected chi connectivity index (χ2v) is 7.46. The summed E-state index contributed by atoms with van der Waals surface area (Å²) in [4.78, 5) is 22.3. The van der Waals surface area contributed by atoms with E-state index in [4.69, 9.17) is 10.8 Å². The van der Waals surface area contributed by atoms with Gasteiger partial charge >= 0.3 is 5.97 Å². The Hall–Kier alpha value is -3.45. The standard InChI is InChI=1S/C23H25N5O2/c24-13-16-2-1-3-18(12-16)19-14-25-23(26-15-19)28-10-8-21(9-11-28)27-20-6-4-17(5-7-20)22(29)30/h1-7,12,14-15,21,27H,8-11,13,24H2,(H,29,30). The average molecular weight is 403 g/mol. The lowest BCUT2D eigenvalue weighted by Crippen LogP contribution is -2.39. The molecule has 7 heteroatoms. The zero-order chi connectivity index (χ0) is 20.9. The minimum Gasteiger partial charge on any atom is -0.478 e. The van der Waals surface area contributed by atoms with Crippen LogP contribution in [0.2, 0.25) is 0 Å². The molecule has 1 aromatic heterocycles. The van der Waals surface area contributed by atoms with Crippen LogP contribution in [0.5, 0.6) is 0 Å². The van der Waals surface area contributed by atoms with Gasteiger partial charge in [-0.1, -0.05) is 18.2 Å². The molecule has 0 aliphatic carbocycles. The lowest BCUT2D eigenvalue weighted by atomic mass is 10.0. The molecule has 0 atom stereocenters. The molecule has 0 amide bonds. The van der Waals surface area contributed by atoms with Crippen LogP contribution in [0.4, 0.5) is 11.6 Å². The molecule has 1 aliphatic heterocycles. The third kappa shape index (κ3) is 4.58. The van der Waals surface area contributed by atoms with Gasteiger partial charge in [0, 0.05) is 49.3 Å². The van der Waals surface area contributed by atoms with Gasteiger partial charge in [-0.05, 0) is 54.3 Å². The Kier molecular flexibility index (Phi) is 5.90. The van der Waals surface area contributed by atoms with Crippen molar-refractivity contribution in [1.29, 1.82) is 0 Å². The largest absolute Gasteiger partial charge is 0.478 e. The fraction of sp³-hybridized carbons (Fsp3) is 0.261. The van der Waals surface area contributed by atoms with Gasteiger partial charge in [0.25, 0.3) is 0 Å². The predicted octanol–water partition coefficient (Wildman–Crippen LogP) is 3.38. The van der Waals surface area contributed by atoms with Gasteiger partial charge in [-0.25, -0.2) is 14.8 Å². The summed E-state index contributed by atoms with van der Waals surface area (Å²) in [6, 6.07) is 15.3. The number of aromatic nitrogens is 2. The number of hydrogen-bond donors (Lipinski definition) is 3. The van der Waals surface area contributed by atoms with Gasteiger partial charge in [-0.2, -0.15) is 0 Å². The van der Waals surface area contributed by atoms with E-state index in [-0.39, 0.29) is 0 Å². The number of carboxylic acids is 1. The van der Waals surface area contributed by atoms with E-state index in [0.717, 1.165) is 54.3 Å². The van der Waals surface area contributed by atoms with Gasteiger partial charge in [0.1, 0.15) is 0 Å². The Morgan fingerprint density at radius 2 is 1.77 bits per heavy atom. The van der Waals surface area contributed by atoms with Crippen LogP contribution in [0.25, 0.3) is 11.1 Å². The highest BCUT2D eigenvalue weighted by Crippen LogP contribution is 2.23. The number of carboxylic acid groups (broad SMARTS) is 1. The summed E-state index contributed by atoms with van der Waals surface area (Å²) >= 11 is 0. The molecule has 0 saturated carbocycles. The first kappa shape index (κ1) is 19.8. The topological polar surface area (TPSA) is 104 Å². The molecule has 2 heterocycles. The molecular formula is C23H25N5O2. The Bertz CT molecular complexity index is 997. The van der Waals surface area contributed by atoms with Crippen LogP contribution in [-0.4, -0.2) is 40.2 Å². The van der Waals surface area contributed by atoms with Crippen molar-refractivity contribution < 1.29 is 9.90 Å². The van der Waals surface area contributed by atoms with Crippen molar-refractivity contribution in [3.63, 3.8) is 0 Å². The van der Waals surface area contributed by atoms with Crippen molar-refractivity contribution in [3.05, 3.63) is 72.1 Å². The summed E-state index contributed by atoms with van der Waals surface area (Å²) in [5.74, 6) is -0.161. The smallest absolute Gasteiger partial charge is 0.335 e. The zero-order valence-corrected chi connectivity index (χ0v) is 16.7. The second kappa shape index (κ2) is 8.92. The second-order valence-electron chi connectivity index (χ2n) is 7.46. The Labute approximate surface area is 175 Å². The monoisotopic (exact) mass is 403 g/mol. The summed E-state index contributed by atoms with van der Waals surface area (Å²) in [5.41, 5.74) is 10.1. The number of hydrogen-bond acceptors (Lipinski definition) is 6. The van der Waals surface area contributed by atoms with Crippen molar-refractivity contribution in [1.82, 2.24) is 9.97 Å². The Balaban J connectivity index is 1.34. The van der Waals surface area contributed by atoms with Gasteiger partial charge in [0.2, 0.25) is 5.95 Å². The molecular weight excluding hydrogens is 378 g/mol. The number of nitrogens with zero attached hydrogens (tertiary/aromatic N) is 3. The third-order valence-electron chi connectivity index (χ3n) is 5.41. The van der Waals surface area contributed by atoms with E-state index >= 15 is 0 Å². The van der Waals surface area contributed by atoms with Crippen LogP contribution in [0.15, 0.2) is 60.9 Å². The van der Waals surface area contributed by atoms with Crippen LogP contribution in [0, 0.1) is 0 Å². The van der Waals surface area contributed by atoms with E-state index in [1.54, 1.807) is 12.1 Å². The number of benzene rings is 2. The van der Waals surface area contributed by atoms with Gasteiger partial charge < -0.3 is 21.1 Å². The molecule has 3 aromatic rings. The molecule has 0 spiro atoms. The van der Waals surface area contributed by atoms with Crippen molar-refractivity contribution in [2.45, 2.75) is 25.4 Å². The number of piperidine rings is 1. The van der Waals surface area contributed by atoms with Crippen LogP contribution >= 0.6 is 0 Å². The summed E-state index contributed by atoms with van der Waals surface area (Å²) in [6.45, 7) is 2.25. The minimum absolute atomic E-state index is 0.297. The number of nitrogens with one attached hydrogen (secondary N) is 1. The maximum absolute atomic E-state index is 11.0. The molecule has 0 radical (unpaired) electrons. The molecule has 1 aliphatic rings. The molecule has 7 nitrogen and oxygen atoms in total. The van der Waals surface area contributed by atoms with Gasteiger partial charge in [-0.15, -0.1) is 0 Å². The fourth-order valence-electron chi connectivity index (χ4n) is 3.68. The van der Waals surface area contributed by atoms with Crippen LogP contribution in [0.1, 0.15) is 28.8 Å². The maximum atomic E-state index is 11.0. The molecule has 2 aromatic carbocycles. The molecule has 30 heavy (non-hydrogen) atoms. The molecule has 0 bridgehead atoms. The molecule has 1 saturated heterocycles. The van der Waals surface area contributed by atoms with E-state index in [1.165, 1.54) is 0 Å². The van der Waals surface area contributed by atoms with E-state index < -0.39 is 5.97 Å². The first-order valence-electron chi connectivity index (χ1n) is 10.1. The molecule has 154 valence electrons. The lowest BCUT2D eigenvalue weighted by molar-refractivity contribution is 0.0697. The average Bonchev–Trinajstić information content (AvgIpc) is 2.80. The van der Waals surface area contributed by atoms with E-state index in [2.05, 4.69) is 26.3 Å². The van der Waals surface area contributed by atoms with E-state index in [1.807, 2.05) is 42.7 Å². The third-order valence-corrected chi connectivity index (χ3v) is 5.41. The number of nitrogens with two attached hydrogens (primary N) is 1. The van der Waals surface area contributed by atoms with Crippen LogP contribution < -0.4 is 16.0 Å². The van der Waals surface area contributed by atoms with E-state index in [0.29, 0.717) is 18.2 Å². The summed E-state index contributed by atoms with van der Waals surface area (Å²) in [7, 11) is 0. The number of anilines is 2. The Morgan fingerprint density at radius 3 is 2.40 bits per heavy atom. The van der Waals surface area contributed by atoms with E-state index in [9.17, 15) is 4.79 Å². The van der Waals surface area contributed by atoms with Gasteiger partial charge in [0.15, 0.2) is 0 Å². The summed E-state index contributed by atoms with van der Waals surface area (Å²) in [6.07, 6.45) is 5.66. The van der Waals surface area contributed by atoms with Gasteiger partial charge in [0.05, 0.1) is 5.56 Å². The van der Waals surface area contributed by atoms with Crippen molar-refractivity contribution in [3.8, 4) is 11.1 Å². The quantitative estimate of drug-likeness (QED) is 0.579. The predicted molar refractivity (Wildman–Crippen MR) is 118 cm³/mol. The van der Waals surface area contributed by atoms with Crippen molar-refractivity contribution in [2.24, 2.45) is 5.73 Å². The summed E-state index contributed by atoms with van der Waals surface area (Å²) < 4.78 is 0. The highest BCUT2D eigenvalue weighted by Gasteiger charge is 2.21. The Morgan fingerprint density at radius 1 is 1.07 bits per heavy atom. The van der Waals surface area contributed by atoms with Gasteiger partial charge in [-0.3, -0.25) is 0 Å². The first-order valence-corrected chi connectivity index (χ1v) is 10.1. The van der Waals surface area contributed by atoms with Crippen molar-refractivity contribution >= 4 is 17.6 Å². The lowest BCUT2D eigenvalue weighted by Gasteiger charge is -2.32. The molecule has 4 N–H and O–H groups in total. The molecule has 4 rings (SSSR count). The number of aromatic carboxylic acids is 1. The normalized spacial score (nSPS) is 14.5. The van der Waals surface area contributed by atoms with Crippen LogP contribution in [-0.2, 0) is 6.54 Å². The SMILES string of the molecule is NCc1cccc(-c2cnc(N3CCC(Nc4ccc(C(=O)O)cc4)CC3)nc2)c1. The zero-order valence-electron chi connectivity index (χ0n) is 16.7. The summed E-state index contributed by atoms with van der Waals surface area (Å²) in [5, 5.41) is 12.5. The van der Waals surface area contributed by atoms with Crippen LogP contribution in [0.3, 0.4) is 0 Å². The number of rotatable bonds is 6. The fourth-order valence-corrected chi connectivity index (χ4v) is 3.68.